The van der Waals surface area contributed by atoms with Crippen LogP contribution in [0.25, 0.3) is 0 Å². The zero-order chi connectivity index (χ0) is 18.4. The minimum Gasteiger partial charge on any atom is -0.497 e. The fourth-order valence-electron chi connectivity index (χ4n) is 3.25. The number of rotatable bonds is 5. The lowest BCUT2D eigenvalue weighted by Gasteiger charge is -2.38. The Labute approximate surface area is 152 Å². The van der Waals surface area contributed by atoms with Crippen molar-refractivity contribution in [1.29, 1.82) is 0 Å². The number of methoxy groups -OCH3 is 1. The van der Waals surface area contributed by atoms with Gasteiger partial charge in [-0.15, -0.1) is 0 Å². The summed E-state index contributed by atoms with van der Waals surface area (Å²) in [4.78, 5) is 12.2. The molecule has 2 N–H and O–H groups in total. The second kappa shape index (κ2) is 8.19. The highest BCUT2D eigenvalue weighted by atomic mass is 19.1. The van der Waals surface area contributed by atoms with E-state index in [2.05, 4.69) is 10.6 Å². The first-order chi connectivity index (χ1) is 12.6. The molecule has 1 aliphatic rings. The molecule has 0 aliphatic carbocycles. The lowest BCUT2D eigenvalue weighted by molar-refractivity contribution is 0.0508. The molecule has 2 aromatic carbocycles. The summed E-state index contributed by atoms with van der Waals surface area (Å²) in [6, 6.07) is 13.6. The monoisotopic (exact) mass is 358 g/mol. The number of hydrogen-bond acceptors (Lipinski definition) is 3. The Kier molecular flexibility index (Phi) is 5.73. The van der Waals surface area contributed by atoms with Gasteiger partial charge in [-0.05, 0) is 42.7 Å². The van der Waals surface area contributed by atoms with Crippen LogP contribution in [0.1, 0.15) is 18.4 Å². The van der Waals surface area contributed by atoms with Crippen LogP contribution in [0.3, 0.4) is 0 Å². The van der Waals surface area contributed by atoms with Gasteiger partial charge in [0, 0.05) is 25.2 Å². The average molecular weight is 358 g/mol. The summed E-state index contributed by atoms with van der Waals surface area (Å²) < 4.78 is 24.4. The molecule has 0 spiro atoms. The maximum atomic E-state index is 13.7. The van der Waals surface area contributed by atoms with Gasteiger partial charge >= 0.3 is 6.03 Å². The van der Waals surface area contributed by atoms with Crippen LogP contribution in [0.5, 0.6) is 5.75 Å². The highest BCUT2D eigenvalue weighted by molar-refractivity contribution is 5.89. The van der Waals surface area contributed by atoms with Crippen LogP contribution in [0.15, 0.2) is 48.5 Å². The number of urea groups is 1. The van der Waals surface area contributed by atoms with Crippen LogP contribution in [0.2, 0.25) is 0 Å². The molecule has 26 heavy (non-hydrogen) atoms. The quantitative estimate of drug-likeness (QED) is 0.857. The van der Waals surface area contributed by atoms with E-state index in [1.807, 2.05) is 24.3 Å². The number of anilines is 1. The molecule has 2 amide bonds. The van der Waals surface area contributed by atoms with Crippen molar-refractivity contribution in [3.8, 4) is 5.75 Å². The van der Waals surface area contributed by atoms with Gasteiger partial charge in [-0.25, -0.2) is 9.18 Å². The largest absolute Gasteiger partial charge is 0.497 e. The molecule has 6 heteroatoms. The van der Waals surface area contributed by atoms with Gasteiger partial charge in [-0.1, -0.05) is 24.3 Å². The number of para-hydroxylation sites is 1. The average Bonchev–Trinajstić information content (AvgIpc) is 2.69. The van der Waals surface area contributed by atoms with Gasteiger partial charge in [0.05, 0.1) is 12.8 Å². The molecular formula is C20H23FN2O3. The molecule has 0 unspecified atom stereocenters. The predicted molar refractivity (Wildman–Crippen MR) is 98.1 cm³/mol. The molecule has 138 valence electrons. The molecule has 0 aromatic heterocycles. The summed E-state index contributed by atoms with van der Waals surface area (Å²) in [5.41, 5.74) is 1.08. The Morgan fingerprint density at radius 2 is 1.85 bits per heavy atom. The molecule has 1 aliphatic heterocycles. The topological polar surface area (TPSA) is 59.6 Å². The number of hydrogen-bond donors (Lipinski definition) is 2. The number of nitrogens with one attached hydrogen (secondary N) is 2. The first-order valence-corrected chi connectivity index (χ1v) is 8.65. The van der Waals surface area contributed by atoms with Crippen molar-refractivity contribution in [2.75, 3.05) is 32.2 Å². The molecule has 0 bridgehead atoms. The van der Waals surface area contributed by atoms with Gasteiger partial charge in [-0.2, -0.15) is 0 Å². The fraction of sp³-hybridized carbons (Fsp3) is 0.350. The minimum atomic E-state index is -0.460. The van der Waals surface area contributed by atoms with Crippen molar-refractivity contribution in [2.24, 2.45) is 0 Å². The summed E-state index contributed by atoms with van der Waals surface area (Å²) in [6.07, 6.45) is 1.61. The number of halogens is 1. The third-order valence-electron chi connectivity index (χ3n) is 4.86. The van der Waals surface area contributed by atoms with Crippen LogP contribution in [-0.4, -0.2) is 32.9 Å². The van der Waals surface area contributed by atoms with Gasteiger partial charge in [0.2, 0.25) is 0 Å². The second-order valence-corrected chi connectivity index (χ2v) is 6.41. The van der Waals surface area contributed by atoms with Crippen molar-refractivity contribution >= 4 is 11.7 Å². The lowest BCUT2D eigenvalue weighted by Crippen LogP contribution is -2.45. The third kappa shape index (κ3) is 4.14. The van der Waals surface area contributed by atoms with E-state index in [0.29, 0.717) is 19.8 Å². The Balaban J connectivity index is 1.70. The van der Waals surface area contributed by atoms with E-state index in [9.17, 15) is 9.18 Å². The number of ether oxygens (including phenoxy) is 2. The summed E-state index contributed by atoms with van der Waals surface area (Å²) in [5, 5.41) is 5.45. The Morgan fingerprint density at radius 1 is 1.15 bits per heavy atom. The highest BCUT2D eigenvalue weighted by Crippen LogP contribution is 2.35. The van der Waals surface area contributed by atoms with Crippen molar-refractivity contribution in [2.45, 2.75) is 18.3 Å². The van der Waals surface area contributed by atoms with E-state index in [4.69, 9.17) is 9.47 Å². The highest BCUT2D eigenvalue weighted by Gasteiger charge is 2.35. The van der Waals surface area contributed by atoms with Crippen LogP contribution < -0.4 is 15.4 Å². The maximum absolute atomic E-state index is 13.7. The van der Waals surface area contributed by atoms with Crippen molar-refractivity contribution in [3.05, 3.63) is 59.9 Å². The standard InChI is InChI=1S/C20H23FN2O3/c1-25-16-8-6-15(7-9-16)20(10-12-26-13-11-20)14-22-19(24)23-18-5-3-2-4-17(18)21/h2-9H,10-14H2,1H3,(H2,22,23,24). The smallest absolute Gasteiger partial charge is 0.319 e. The lowest BCUT2D eigenvalue weighted by atomic mass is 9.74. The van der Waals surface area contributed by atoms with Crippen molar-refractivity contribution in [1.82, 2.24) is 5.32 Å². The van der Waals surface area contributed by atoms with Gasteiger partial charge in [0.25, 0.3) is 0 Å². The van der Waals surface area contributed by atoms with E-state index < -0.39 is 11.8 Å². The molecule has 2 aromatic rings. The molecule has 1 fully saturated rings. The summed E-state index contributed by atoms with van der Waals surface area (Å²) >= 11 is 0. The number of benzene rings is 2. The molecule has 5 nitrogen and oxygen atoms in total. The van der Waals surface area contributed by atoms with Gasteiger partial charge in [0.15, 0.2) is 0 Å². The van der Waals surface area contributed by atoms with Gasteiger partial charge < -0.3 is 20.1 Å². The number of amides is 2. The van der Waals surface area contributed by atoms with Gasteiger partial charge in [-0.3, -0.25) is 0 Å². The zero-order valence-electron chi connectivity index (χ0n) is 14.8. The van der Waals surface area contributed by atoms with Crippen LogP contribution in [0.4, 0.5) is 14.9 Å². The first-order valence-electron chi connectivity index (χ1n) is 8.65. The second-order valence-electron chi connectivity index (χ2n) is 6.41. The summed E-state index contributed by atoms with van der Waals surface area (Å²) in [7, 11) is 1.63. The van der Waals surface area contributed by atoms with Crippen molar-refractivity contribution < 1.29 is 18.7 Å². The van der Waals surface area contributed by atoms with E-state index in [0.717, 1.165) is 24.2 Å². The van der Waals surface area contributed by atoms with E-state index in [1.54, 1.807) is 19.2 Å². The molecule has 1 heterocycles. The fourth-order valence-corrected chi connectivity index (χ4v) is 3.25. The summed E-state index contributed by atoms with van der Waals surface area (Å²) in [5.74, 6) is 0.333. The molecule has 0 radical (unpaired) electrons. The number of carbonyl (C=O) groups excluding carboxylic acids is 1. The Hall–Kier alpha value is -2.60. The van der Waals surface area contributed by atoms with Crippen LogP contribution in [-0.2, 0) is 10.2 Å². The molecular weight excluding hydrogens is 335 g/mol. The Morgan fingerprint density at radius 3 is 2.50 bits per heavy atom. The van der Waals surface area contributed by atoms with E-state index >= 15 is 0 Å². The molecule has 1 saturated heterocycles. The number of carbonyl (C=O) groups is 1. The third-order valence-corrected chi connectivity index (χ3v) is 4.86. The molecule has 0 atom stereocenters. The van der Waals surface area contributed by atoms with Crippen LogP contribution in [0, 0.1) is 5.82 Å². The SMILES string of the molecule is COc1ccc(C2(CNC(=O)Nc3ccccc3F)CCOCC2)cc1. The first kappa shape index (κ1) is 18.2. The van der Waals surface area contributed by atoms with E-state index in [1.165, 1.54) is 12.1 Å². The van der Waals surface area contributed by atoms with E-state index in [-0.39, 0.29) is 11.1 Å². The predicted octanol–water partition coefficient (Wildman–Crippen LogP) is 3.70. The zero-order valence-corrected chi connectivity index (χ0v) is 14.8. The molecule has 0 saturated carbocycles. The van der Waals surface area contributed by atoms with Crippen LogP contribution >= 0.6 is 0 Å². The Bertz CT molecular complexity index is 743. The van der Waals surface area contributed by atoms with Crippen molar-refractivity contribution in [3.63, 3.8) is 0 Å². The summed E-state index contributed by atoms with van der Waals surface area (Å²) in [6.45, 7) is 1.73. The normalized spacial score (nSPS) is 15.9. The minimum absolute atomic E-state index is 0.162. The maximum Gasteiger partial charge on any atom is 0.319 e. The van der Waals surface area contributed by atoms with Gasteiger partial charge in [0.1, 0.15) is 11.6 Å². The molecule has 3 rings (SSSR count).